The number of unbranched alkanes of at least 4 members (excludes halogenated alkanes) is 1. The first-order chi connectivity index (χ1) is 7.29. The van der Waals surface area contributed by atoms with Gasteiger partial charge in [-0.3, -0.25) is 0 Å². The molecular weight excluding hydrogens is 186 g/mol. The molecule has 0 spiro atoms. The Hall–Kier alpha value is -0.120. The van der Waals surface area contributed by atoms with Gasteiger partial charge < -0.3 is 16.8 Å². The molecular formula is C12H29N3. The van der Waals surface area contributed by atoms with Gasteiger partial charge in [-0.2, -0.15) is 0 Å². The van der Waals surface area contributed by atoms with E-state index >= 15 is 0 Å². The molecule has 0 heterocycles. The van der Waals surface area contributed by atoms with Gasteiger partial charge in [-0.1, -0.05) is 19.8 Å². The third-order valence-corrected chi connectivity index (χ3v) is 3.11. The predicted molar refractivity (Wildman–Crippen MR) is 67.8 cm³/mol. The van der Waals surface area contributed by atoms with Crippen LogP contribution >= 0.6 is 0 Å². The smallest absolute Gasteiger partial charge is 0.00926 e. The third kappa shape index (κ3) is 6.88. The summed E-state index contributed by atoms with van der Waals surface area (Å²) in [5.74, 6) is 0.728. The Bertz CT molecular complexity index is 128. The summed E-state index contributed by atoms with van der Waals surface area (Å²) in [5.41, 5.74) is 11.2. The van der Waals surface area contributed by atoms with Crippen LogP contribution in [0, 0.1) is 5.92 Å². The van der Waals surface area contributed by atoms with Crippen LogP contribution in [0.25, 0.3) is 0 Å². The Morgan fingerprint density at radius 3 is 2.20 bits per heavy atom. The molecule has 2 unspecified atom stereocenters. The van der Waals surface area contributed by atoms with Crippen molar-refractivity contribution >= 4 is 0 Å². The molecule has 0 radical (unpaired) electrons. The molecule has 0 bridgehead atoms. The second-order valence-electron chi connectivity index (χ2n) is 4.31. The molecule has 0 saturated heterocycles. The lowest BCUT2D eigenvalue weighted by atomic mass is 9.88. The number of rotatable bonds is 10. The van der Waals surface area contributed by atoms with Crippen LogP contribution in [-0.2, 0) is 0 Å². The van der Waals surface area contributed by atoms with Crippen molar-refractivity contribution in [3.63, 3.8) is 0 Å². The maximum Gasteiger partial charge on any atom is 0.00926 e. The summed E-state index contributed by atoms with van der Waals surface area (Å²) in [7, 11) is 2.06. The standard InChI is InChI=1S/C12H29N3/c1-3-6-12(15-2)11(8-10-14)7-4-5-9-13/h11-12,15H,3-10,13-14H2,1-2H3. The molecule has 15 heavy (non-hydrogen) atoms. The first-order valence-electron chi connectivity index (χ1n) is 6.37. The molecule has 3 heteroatoms. The average molecular weight is 215 g/mol. The molecule has 3 nitrogen and oxygen atoms in total. The van der Waals surface area contributed by atoms with Gasteiger partial charge in [-0.05, 0) is 51.7 Å². The summed E-state index contributed by atoms with van der Waals surface area (Å²) in [6.45, 7) is 3.85. The number of nitrogens with two attached hydrogens (primary N) is 2. The van der Waals surface area contributed by atoms with Gasteiger partial charge in [0.05, 0.1) is 0 Å². The van der Waals surface area contributed by atoms with E-state index in [1.165, 1.54) is 25.7 Å². The van der Waals surface area contributed by atoms with E-state index < -0.39 is 0 Å². The predicted octanol–water partition coefficient (Wildman–Crippen LogP) is 1.47. The molecule has 92 valence electrons. The fourth-order valence-corrected chi connectivity index (χ4v) is 2.24. The monoisotopic (exact) mass is 215 g/mol. The molecule has 0 aliphatic rings. The highest BCUT2D eigenvalue weighted by Gasteiger charge is 2.17. The molecule has 0 rings (SSSR count). The van der Waals surface area contributed by atoms with Crippen molar-refractivity contribution in [3.8, 4) is 0 Å². The van der Waals surface area contributed by atoms with E-state index in [1.807, 2.05) is 0 Å². The topological polar surface area (TPSA) is 64.1 Å². The number of hydrogen-bond acceptors (Lipinski definition) is 3. The van der Waals surface area contributed by atoms with Crippen LogP contribution in [0.3, 0.4) is 0 Å². The van der Waals surface area contributed by atoms with E-state index in [0.717, 1.165) is 31.8 Å². The van der Waals surface area contributed by atoms with E-state index in [1.54, 1.807) is 0 Å². The summed E-state index contributed by atoms with van der Waals surface area (Å²) in [5, 5.41) is 3.43. The lowest BCUT2D eigenvalue weighted by Crippen LogP contribution is -2.34. The summed E-state index contributed by atoms with van der Waals surface area (Å²) < 4.78 is 0. The summed E-state index contributed by atoms with van der Waals surface area (Å²) >= 11 is 0. The summed E-state index contributed by atoms with van der Waals surface area (Å²) in [4.78, 5) is 0. The van der Waals surface area contributed by atoms with Gasteiger partial charge in [0.25, 0.3) is 0 Å². The van der Waals surface area contributed by atoms with Gasteiger partial charge in [0.2, 0.25) is 0 Å². The van der Waals surface area contributed by atoms with Crippen LogP contribution in [0.15, 0.2) is 0 Å². The molecule has 0 aromatic carbocycles. The van der Waals surface area contributed by atoms with Crippen molar-refractivity contribution in [1.82, 2.24) is 5.32 Å². The Balaban J connectivity index is 3.95. The molecule has 0 aliphatic carbocycles. The molecule has 0 amide bonds. The van der Waals surface area contributed by atoms with Gasteiger partial charge in [-0.15, -0.1) is 0 Å². The highest BCUT2D eigenvalue weighted by atomic mass is 14.9. The van der Waals surface area contributed by atoms with Gasteiger partial charge in [0.1, 0.15) is 0 Å². The number of hydrogen-bond donors (Lipinski definition) is 3. The Morgan fingerprint density at radius 2 is 1.73 bits per heavy atom. The van der Waals surface area contributed by atoms with E-state index in [0.29, 0.717) is 6.04 Å². The molecule has 0 aliphatic heterocycles. The summed E-state index contributed by atoms with van der Waals surface area (Å²) in [6.07, 6.45) is 7.27. The van der Waals surface area contributed by atoms with Crippen LogP contribution in [0.1, 0.15) is 45.4 Å². The maximum absolute atomic E-state index is 5.67. The second kappa shape index (κ2) is 10.4. The maximum atomic E-state index is 5.67. The molecule has 0 fully saturated rings. The quantitative estimate of drug-likeness (QED) is 0.484. The van der Waals surface area contributed by atoms with Gasteiger partial charge in [-0.25, -0.2) is 0 Å². The zero-order chi connectivity index (χ0) is 11.5. The molecule has 2 atom stereocenters. The lowest BCUT2D eigenvalue weighted by molar-refractivity contribution is 0.309. The van der Waals surface area contributed by atoms with Crippen molar-refractivity contribution < 1.29 is 0 Å². The van der Waals surface area contributed by atoms with E-state index in [4.69, 9.17) is 11.5 Å². The molecule has 5 N–H and O–H groups in total. The Kier molecular flexibility index (Phi) is 10.3. The fourth-order valence-electron chi connectivity index (χ4n) is 2.24. The minimum atomic E-state index is 0.635. The zero-order valence-corrected chi connectivity index (χ0v) is 10.5. The molecule has 0 saturated carbocycles. The first-order valence-corrected chi connectivity index (χ1v) is 6.37. The summed E-state index contributed by atoms with van der Waals surface area (Å²) in [6, 6.07) is 0.635. The van der Waals surface area contributed by atoms with Gasteiger partial charge in [0.15, 0.2) is 0 Å². The minimum Gasteiger partial charge on any atom is -0.330 e. The Morgan fingerprint density at radius 1 is 1.00 bits per heavy atom. The van der Waals surface area contributed by atoms with Crippen molar-refractivity contribution in [2.75, 3.05) is 20.1 Å². The normalized spacial score (nSPS) is 15.2. The van der Waals surface area contributed by atoms with E-state index in [9.17, 15) is 0 Å². The molecule has 0 aromatic rings. The zero-order valence-electron chi connectivity index (χ0n) is 10.5. The fraction of sp³-hybridized carbons (Fsp3) is 1.00. The van der Waals surface area contributed by atoms with Crippen LogP contribution in [0.2, 0.25) is 0 Å². The second-order valence-corrected chi connectivity index (χ2v) is 4.31. The molecule has 0 aromatic heterocycles. The Labute approximate surface area is 95.0 Å². The van der Waals surface area contributed by atoms with Crippen LogP contribution in [-0.4, -0.2) is 26.2 Å². The van der Waals surface area contributed by atoms with Crippen LogP contribution < -0.4 is 16.8 Å². The van der Waals surface area contributed by atoms with Crippen molar-refractivity contribution in [2.45, 2.75) is 51.5 Å². The highest BCUT2D eigenvalue weighted by Crippen LogP contribution is 2.19. The number of nitrogens with one attached hydrogen (secondary N) is 1. The lowest BCUT2D eigenvalue weighted by Gasteiger charge is -2.26. The van der Waals surface area contributed by atoms with Crippen molar-refractivity contribution in [2.24, 2.45) is 17.4 Å². The van der Waals surface area contributed by atoms with E-state index in [2.05, 4.69) is 19.3 Å². The van der Waals surface area contributed by atoms with Crippen LogP contribution in [0.5, 0.6) is 0 Å². The van der Waals surface area contributed by atoms with Crippen molar-refractivity contribution in [3.05, 3.63) is 0 Å². The van der Waals surface area contributed by atoms with Gasteiger partial charge >= 0.3 is 0 Å². The largest absolute Gasteiger partial charge is 0.330 e. The minimum absolute atomic E-state index is 0.635. The van der Waals surface area contributed by atoms with Crippen molar-refractivity contribution in [1.29, 1.82) is 0 Å². The third-order valence-electron chi connectivity index (χ3n) is 3.11. The SMILES string of the molecule is CCCC(NC)C(CCN)CCCCN. The first kappa shape index (κ1) is 14.9. The average Bonchev–Trinajstić information content (AvgIpc) is 2.25. The van der Waals surface area contributed by atoms with Crippen LogP contribution in [0.4, 0.5) is 0 Å². The van der Waals surface area contributed by atoms with E-state index in [-0.39, 0.29) is 0 Å². The highest BCUT2D eigenvalue weighted by molar-refractivity contribution is 4.75. The van der Waals surface area contributed by atoms with Gasteiger partial charge in [0, 0.05) is 6.04 Å².